The summed E-state index contributed by atoms with van der Waals surface area (Å²) in [5.74, 6) is 0. The highest BCUT2D eigenvalue weighted by Crippen LogP contribution is 2.09. The molecule has 0 aliphatic heterocycles. The molecule has 0 saturated carbocycles. The number of rotatable bonds is 4. The minimum absolute atomic E-state index is 0.446. The molecule has 1 rings (SSSR count). The maximum absolute atomic E-state index is 4.22. The van der Waals surface area contributed by atoms with Crippen molar-refractivity contribution < 1.29 is 0 Å². The molecule has 3 heteroatoms. The van der Waals surface area contributed by atoms with Gasteiger partial charge in [-0.15, -0.1) is 0 Å². The van der Waals surface area contributed by atoms with Crippen molar-refractivity contribution in [3.05, 3.63) is 12.4 Å². The predicted molar refractivity (Wildman–Crippen MR) is 51.4 cm³/mol. The van der Waals surface area contributed by atoms with Crippen LogP contribution in [0.5, 0.6) is 0 Å². The first-order chi connectivity index (χ1) is 5.74. The zero-order valence-electron chi connectivity index (χ0n) is 8.04. The van der Waals surface area contributed by atoms with E-state index in [0.29, 0.717) is 6.04 Å². The van der Waals surface area contributed by atoms with E-state index in [1.807, 2.05) is 17.1 Å². The Balaban J connectivity index is 2.52. The summed E-state index contributed by atoms with van der Waals surface area (Å²) in [5.41, 5.74) is 1.12. The number of anilines is 1. The van der Waals surface area contributed by atoms with E-state index in [2.05, 4.69) is 31.2 Å². The van der Waals surface area contributed by atoms with Gasteiger partial charge in [0.1, 0.15) is 0 Å². The van der Waals surface area contributed by atoms with Crippen LogP contribution in [-0.2, 0) is 0 Å². The quantitative estimate of drug-likeness (QED) is 0.745. The molecule has 12 heavy (non-hydrogen) atoms. The second kappa shape index (κ2) is 4.14. The van der Waals surface area contributed by atoms with Crippen LogP contribution in [-0.4, -0.2) is 16.3 Å². The van der Waals surface area contributed by atoms with Crippen LogP contribution in [0.3, 0.4) is 0 Å². The first kappa shape index (κ1) is 9.10. The summed E-state index contributed by atoms with van der Waals surface area (Å²) in [6, 6.07) is 0.446. The molecule has 0 aliphatic rings. The van der Waals surface area contributed by atoms with Gasteiger partial charge in [0.15, 0.2) is 0 Å². The van der Waals surface area contributed by atoms with E-state index in [4.69, 9.17) is 0 Å². The summed E-state index contributed by atoms with van der Waals surface area (Å²) in [4.78, 5) is 0. The van der Waals surface area contributed by atoms with Crippen molar-refractivity contribution in [1.29, 1.82) is 0 Å². The second-order valence-electron chi connectivity index (χ2n) is 3.23. The maximum Gasteiger partial charge on any atom is 0.0726 e. The van der Waals surface area contributed by atoms with E-state index in [9.17, 15) is 0 Å². The van der Waals surface area contributed by atoms with E-state index in [-0.39, 0.29) is 0 Å². The van der Waals surface area contributed by atoms with Gasteiger partial charge in [-0.2, -0.15) is 5.10 Å². The molecule has 0 unspecified atom stereocenters. The van der Waals surface area contributed by atoms with Crippen LogP contribution in [0.2, 0.25) is 0 Å². The van der Waals surface area contributed by atoms with Crippen molar-refractivity contribution >= 4 is 5.69 Å². The zero-order valence-corrected chi connectivity index (χ0v) is 8.04. The summed E-state index contributed by atoms with van der Waals surface area (Å²) in [5, 5.41) is 7.51. The van der Waals surface area contributed by atoms with Gasteiger partial charge in [-0.1, -0.05) is 6.92 Å². The molecule has 0 atom stereocenters. The Hall–Kier alpha value is -0.990. The summed E-state index contributed by atoms with van der Waals surface area (Å²) >= 11 is 0. The lowest BCUT2D eigenvalue weighted by Crippen LogP contribution is -2.01. The molecule has 0 bridgehead atoms. The molecular weight excluding hydrogens is 150 g/mol. The molecule has 3 nitrogen and oxygen atoms in total. The average Bonchev–Trinajstić information content (AvgIpc) is 2.48. The van der Waals surface area contributed by atoms with Gasteiger partial charge in [0.2, 0.25) is 0 Å². The van der Waals surface area contributed by atoms with Gasteiger partial charge < -0.3 is 5.32 Å². The molecule has 1 N–H and O–H groups in total. The Bertz CT molecular complexity index is 227. The lowest BCUT2D eigenvalue weighted by molar-refractivity contribution is 0.532. The van der Waals surface area contributed by atoms with Gasteiger partial charge in [-0.25, -0.2) is 0 Å². The fourth-order valence-corrected chi connectivity index (χ4v) is 0.981. The van der Waals surface area contributed by atoms with Crippen molar-refractivity contribution in [3.8, 4) is 0 Å². The fourth-order valence-electron chi connectivity index (χ4n) is 0.981. The Labute approximate surface area is 73.8 Å². The van der Waals surface area contributed by atoms with Crippen LogP contribution in [0, 0.1) is 0 Å². The summed E-state index contributed by atoms with van der Waals surface area (Å²) in [6.07, 6.45) is 5.06. The van der Waals surface area contributed by atoms with Crippen LogP contribution in [0.25, 0.3) is 0 Å². The fraction of sp³-hybridized carbons (Fsp3) is 0.667. The monoisotopic (exact) mass is 167 g/mol. The van der Waals surface area contributed by atoms with Crippen LogP contribution >= 0.6 is 0 Å². The van der Waals surface area contributed by atoms with E-state index in [0.717, 1.165) is 18.7 Å². The van der Waals surface area contributed by atoms with Crippen molar-refractivity contribution in [1.82, 2.24) is 9.78 Å². The van der Waals surface area contributed by atoms with E-state index >= 15 is 0 Å². The molecule has 68 valence electrons. The van der Waals surface area contributed by atoms with Crippen LogP contribution in [0.15, 0.2) is 12.4 Å². The highest BCUT2D eigenvalue weighted by Gasteiger charge is 1.99. The molecule has 0 spiro atoms. The summed E-state index contributed by atoms with van der Waals surface area (Å²) < 4.78 is 1.96. The third kappa shape index (κ3) is 2.26. The summed E-state index contributed by atoms with van der Waals surface area (Å²) in [7, 11) is 0. The van der Waals surface area contributed by atoms with Gasteiger partial charge in [0.25, 0.3) is 0 Å². The minimum Gasteiger partial charge on any atom is -0.383 e. The van der Waals surface area contributed by atoms with Gasteiger partial charge >= 0.3 is 0 Å². The van der Waals surface area contributed by atoms with Gasteiger partial charge in [0.05, 0.1) is 11.9 Å². The molecule has 0 amide bonds. The standard InChI is InChI=1S/C9H17N3/c1-4-5-10-9-6-11-12(7-9)8(2)3/h6-8,10H,4-5H2,1-3H3. The average molecular weight is 167 g/mol. The lowest BCUT2D eigenvalue weighted by atomic mass is 10.4. The molecule has 0 aliphatic carbocycles. The SMILES string of the molecule is CCCNc1cnn(C(C)C)c1. The second-order valence-corrected chi connectivity index (χ2v) is 3.23. The third-order valence-corrected chi connectivity index (χ3v) is 1.71. The van der Waals surface area contributed by atoms with E-state index < -0.39 is 0 Å². The third-order valence-electron chi connectivity index (χ3n) is 1.71. The van der Waals surface area contributed by atoms with Crippen LogP contribution < -0.4 is 5.32 Å². The Morgan fingerprint density at radius 2 is 2.33 bits per heavy atom. The number of hydrogen-bond donors (Lipinski definition) is 1. The number of hydrogen-bond acceptors (Lipinski definition) is 2. The molecular formula is C9H17N3. The van der Waals surface area contributed by atoms with Gasteiger partial charge in [-0.05, 0) is 20.3 Å². The summed E-state index contributed by atoms with van der Waals surface area (Å²) in [6.45, 7) is 7.41. The van der Waals surface area contributed by atoms with Crippen molar-refractivity contribution in [2.45, 2.75) is 33.2 Å². The van der Waals surface area contributed by atoms with Gasteiger partial charge in [-0.3, -0.25) is 4.68 Å². The van der Waals surface area contributed by atoms with Crippen LogP contribution in [0.4, 0.5) is 5.69 Å². The first-order valence-corrected chi connectivity index (χ1v) is 4.52. The van der Waals surface area contributed by atoms with Gasteiger partial charge in [0, 0.05) is 18.8 Å². The van der Waals surface area contributed by atoms with Crippen molar-refractivity contribution in [2.24, 2.45) is 0 Å². The Kier molecular flexibility index (Phi) is 3.14. The van der Waals surface area contributed by atoms with Crippen LogP contribution in [0.1, 0.15) is 33.2 Å². The molecule has 0 saturated heterocycles. The van der Waals surface area contributed by atoms with Crippen molar-refractivity contribution in [2.75, 3.05) is 11.9 Å². The van der Waals surface area contributed by atoms with E-state index in [1.54, 1.807) is 0 Å². The first-order valence-electron chi connectivity index (χ1n) is 4.52. The molecule has 0 aromatic carbocycles. The van der Waals surface area contributed by atoms with E-state index in [1.165, 1.54) is 0 Å². The molecule has 1 aromatic rings. The number of aromatic nitrogens is 2. The highest BCUT2D eigenvalue weighted by atomic mass is 15.3. The largest absolute Gasteiger partial charge is 0.383 e. The zero-order chi connectivity index (χ0) is 8.97. The maximum atomic E-state index is 4.22. The normalized spacial score (nSPS) is 10.7. The highest BCUT2D eigenvalue weighted by molar-refractivity contribution is 5.37. The number of nitrogens with zero attached hydrogens (tertiary/aromatic N) is 2. The molecule has 1 aromatic heterocycles. The topological polar surface area (TPSA) is 29.9 Å². The Morgan fingerprint density at radius 1 is 1.58 bits per heavy atom. The van der Waals surface area contributed by atoms with Crippen molar-refractivity contribution in [3.63, 3.8) is 0 Å². The Morgan fingerprint density at radius 3 is 2.83 bits per heavy atom. The lowest BCUT2D eigenvalue weighted by Gasteiger charge is -2.03. The molecule has 0 fully saturated rings. The molecule has 0 radical (unpaired) electrons. The smallest absolute Gasteiger partial charge is 0.0726 e. The predicted octanol–water partition coefficient (Wildman–Crippen LogP) is 2.29. The number of nitrogens with one attached hydrogen (secondary N) is 1. The minimum atomic E-state index is 0.446. The molecule has 1 heterocycles.